The SMILES string of the molecule is CCCN1CCCC[C@@H]1C(=O)N1CC(n2cc(C(C)(C)O)nn2)C1. The summed E-state index contributed by atoms with van der Waals surface area (Å²) >= 11 is 0. The molecular formula is C17H29N5O2. The number of carbonyl (C=O) groups excluding carboxylic acids is 1. The van der Waals surface area contributed by atoms with Gasteiger partial charge in [0.2, 0.25) is 5.91 Å². The number of piperidine rings is 1. The Bertz CT molecular complexity index is 572. The standard InChI is InChI=1S/C17H29N5O2/c1-4-8-20-9-6-5-7-14(20)16(23)21-10-13(11-21)22-12-15(18-19-22)17(2,3)24/h12-14,24H,4-11H2,1-3H3/t14-/m1/s1. The molecule has 0 spiro atoms. The van der Waals surface area contributed by atoms with Crippen LogP contribution in [0, 0.1) is 0 Å². The zero-order valence-electron chi connectivity index (χ0n) is 15.0. The molecule has 0 radical (unpaired) electrons. The largest absolute Gasteiger partial charge is 0.384 e. The lowest BCUT2D eigenvalue weighted by molar-refractivity contribution is -0.144. The molecule has 2 aliphatic rings. The smallest absolute Gasteiger partial charge is 0.240 e. The molecule has 0 aliphatic carbocycles. The molecule has 7 heteroatoms. The summed E-state index contributed by atoms with van der Waals surface area (Å²) in [7, 11) is 0. The van der Waals surface area contributed by atoms with Crippen LogP contribution < -0.4 is 0 Å². The molecule has 2 aliphatic heterocycles. The zero-order chi connectivity index (χ0) is 17.3. The van der Waals surface area contributed by atoms with Crippen LogP contribution in [0.4, 0.5) is 0 Å². The Morgan fingerprint density at radius 1 is 1.38 bits per heavy atom. The maximum atomic E-state index is 12.8. The van der Waals surface area contributed by atoms with E-state index in [0.29, 0.717) is 18.8 Å². The molecule has 2 fully saturated rings. The maximum absolute atomic E-state index is 12.8. The van der Waals surface area contributed by atoms with Gasteiger partial charge in [-0.05, 0) is 46.2 Å². The van der Waals surface area contributed by atoms with Crippen LogP contribution in [0.25, 0.3) is 0 Å². The van der Waals surface area contributed by atoms with Crippen LogP contribution in [0.1, 0.15) is 58.2 Å². The van der Waals surface area contributed by atoms with E-state index in [1.807, 2.05) is 4.90 Å². The van der Waals surface area contributed by atoms with Gasteiger partial charge in [0.25, 0.3) is 0 Å². The molecule has 0 aromatic carbocycles. The molecule has 0 unspecified atom stereocenters. The van der Waals surface area contributed by atoms with Crippen LogP contribution in [0.5, 0.6) is 0 Å². The average Bonchev–Trinajstić information content (AvgIpc) is 2.96. The van der Waals surface area contributed by atoms with Gasteiger partial charge < -0.3 is 10.0 Å². The van der Waals surface area contributed by atoms with Crippen molar-refractivity contribution in [2.24, 2.45) is 0 Å². The van der Waals surface area contributed by atoms with Gasteiger partial charge >= 0.3 is 0 Å². The second-order valence-electron chi connectivity index (χ2n) is 7.59. The lowest BCUT2D eigenvalue weighted by Crippen LogP contribution is -2.58. The fraction of sp³-hybridized carbons (Fsp3) is 0.824. The highest BCUT2D eigenvalue weighted by Crippen LogP contribution is 2.27. The zero-order valence-corrected chi connectivity index (χ0v) is 15.0. The normalized spacial score (nSPS) is 23.3. The van der Waals surface area contributed by atoms with Gasteiger partial charge in [0.05, 0.1) is 18.3 Å². The van der Waals surface area contributed by atoms with Crippen molar-refractivity contribution in [3.63, 3.8) is 0 Å². The van der Waals surface area contributed by atoms with Gasteiger partial charge in [-0.1, -0.05) is 18.6 Å². The monoisotopic (exact) mass is 335 g/mol. The van der Waals surface area contributed by atoms with Crippen molar-refractivity contribution in [3.05, 3.63) is 11.9 Å². The second-order valence-corrected chi connectivity index (χ2v) is 7.59. The first-order chi connectivity index (χ1) is 11.4. The predicted molar refractivity (Wildman–Crippen MR) is 90.4 cm³/mol. The number of aromatic nitrogens is 3. The van der Waals surface area contributed by atoms with Gasteiger partial charge in [-0.3, -0.25) is 9.69 Å². The van der Waals surface area contributed by atoms with E-state index in [9.17, 15) is 9.90 Å². The highest BCUT2D eigenvalue weighted by atomic mass is 16.3. The van der Waals surface area contributed by atoms with E-state index in [1.165, 1.54) is 6.42 Å². The van der Waals surface area contributed by atoms with E-state index >= 15 is 0 Å². The van der Waals surface area contributed by atoms with E-state index in [4.69, 9.17) is 0 Å². The minimum atomic E-state index is -0.986. The van der Waals surface area contributed by atoms with E-state index in [0.717, 1.165) is 32.4 Å². The first kappa shape index (κ1) is 17.4. The minimum Gasteiger partial charge on any atom is -0.384 e. The van der Waals surface area contributed by atoms with Crippen molar-refractivity contribution in [2.45, 2.75) is 64.1 Å². The van der Waals surface area contributed by atoms with Crippen molar-refractivity contribution in [1.82, 2.24) is 24.8 Å². The third kappa shape index (κ3) is 3.47. The van der Waals surface area contributed by atoms with Crippen molar-refractivity contribution in [1.29, 1.82) is 0 Å². The summed E-state index contributed by atoms with van der Waals surface area (Å²) < 4.78 is 1.78. The van der Waals surface area contributed by atoms with Crippen molar-refractivity contribution >= 4 is 5.91 Å². The molecule has 0 saturated carbocycles. The fourth-order valence-corrected chi connectivity index (χ4v) is 3.57. The molecule has 1 amide bonds. The number of likely N-dealkylation sites (tertiary alicyclic amines) is 2. The highest BCUT2D eigenvalue weighted by molar-refractivity contribution is 5.82. The number of aliphatic hydroxyl groups is 1. The van der Waals surface area contributed by atoms with E-state index in [2.05, 4.69) is 22.1 Å². The second kappa shape index (κ2) is 6.80. The van der Waals surface area contributed by atoms with Crippen molar-refractivity contribution in [3.8, 4) is 0 Å². The van der Waals surface area contributed by atoms with Gasteiger partial charge in [0.1, 0.15) is 11.3 Å². The first-order valence-corrected chi connectivity index (χ1v) is 9.07. The van der Waals surface area contributed by atoms with Gasteiger partial charge in [0.15, 0.2) is 0 Å². The van der Waals surface area contributed by atoms with Crippen LogP contribution in [0.2, 0.25) is 0 Å². The molecule has 3 rings (SSSR count). The third-order valence-electron chi connectivity index (χ3n) is 5.09. The number of hydrogen-bond donors (Lipinski definition) is 1. The summed E-state index contributed by atoms with van der Waals surface area (Å²) in [4.78, 5) is 17.1. The molecular weight excluding hydrogens is 306 g/mol. The first-order valence-electron chi connectivity index (χ1n) is 9.07. The Labute approximate surface area is 143 Å². The summed E-state index contributed by atoms with van der Waals surface area (Å²) in [5, 5.41) is 18.1. The Balaban J connectivity index is 1.57. The molecule has 134 valence electrons. The molecule has 2 saturated heterocycles. The van der Waals surface area contributed by atoms with E-state index in [-0.39, 0.29) is 18.0 Å². The van der Waals surface area contributed by atoms with Gasteiger partial charge in [0, 0.05) is 13.1 Å². The predicted octanol–water partition coefficient (Wildman–Crippen LogP) is 1.15. The van der Waals surface area contributed by atoms with Crippen LogP contribution >= 0.6 is 0 Å². The summed E-state index contributed by atoms with van der Waals surface area (Å²) in [5.74, 6) is 0.266. The summed E-state index contributed by atoms with van der Waals surface area (Å²) in [6, 6.07) is 0.225. The van der Waals surface area contributed by atoms with Crippen LogP contribution in [0.15, 0.2) is 6.20 Å². The number of carbonyl (C=O) groups is 1. The average molecular weight is 335 g/mol. The quantitative estimate of drug-likeness (QED) is 0.874. The molecule has 1 aromatic heterocycles. The number of amides is 1. The maximum Gasteiger partial charge on any atom is 0.240 e. The minimum absolute atomic E-state index is 0.0577. The van der Waals surface area contributed by atoms with E-state index < -0.39 is 5.60 Å². The van der Waals surface area contributed by atoms with Crippen LogP contribution in [-0.4, -0.2) is 68.0 Å². The molecule has 24 heavy (non-hydrogen) atoms. The number of nitrogens with zero attached hydrogens (tertiary/aromatic N) is 5. The molecule has 1 N–H and O–H groups in total. The van der Waals surface area contributed by atoms with Crippen LogP contribution in [-0.2, 0) is 10.4 Å². The molecule has 7 nitrogen and oxygen atoms in total. The lowest BCUT2D eigenvalue weighted by Gasteiger charge is -2.44. The lowest BCUT2D eigenvalue weighted by atomic mass is 9.98. The Morgan fingerprint density at radius 3 is 2.75 bits per heavy atom. The summed E-state index contributed by atoms with van der Waals surface area (Å²) in [6.07, 6.45) is 6.20. The Morgan fingerprint density at radius 2 is 2.12 bits per heavy atom. The molecule has 0 bridgehead atoms. The van der Waals surface area contributed by atoms with Crippen molar-refractivity contribution < 1.29 is 9.90 Å². The topological polar surface area (TPSA) is 74.5 Å². The van der Waals surface area contributed by atoms with Gasteiger partial charge in [-0.2, -0.15) is 0 Å². The number of hydrogen-bond acceptors (Lipinski definition) is 5. The van der Waals surface area contributed by atoms with Gasteiger partial charge in [-0.25, -0.2) is 4.68 Å². The molecule has 1 aromatic rings. The fourth-order valence-electron chi connectivity index (χ4n) is 3.57. The van der Waals surface area contributed by atoms with Gasteiger partial charge in [-0.15, -0.1) is 5.10 Å². The van der Waals surface area contributed by atoms with E-state index in [1.54, 1.807) is 24.7 Å². The number of rotatable bonds is 5. The Kier molecular flexibility index (Phi) is 4.92. The molecule has 1 atom stereocenters. The highest BCUT2D eigenvalue weighted by Gasteiger charge is 2.39. The molecule has 3 heterocycles. The third-order valence-corrected chi connectivity index (χ3v) is 5.09. The summed E-state index contributed by atoms with van der Waals surface area (Å²) in [5.41, 5.74) is -0.422. The Hall–Kier alpha value is -1.47. The van der Waals surface area contributed by atoms with Crippen molar-refractivity contribution in [2.75, 3.05) is 26.2 Å². The summed E-state index contributed by atoms with van der Waals surface area (Å²) in [6.45, 7) is 8.98. The van der Waals surface area contributed by atoms with Crippen LogP contribution in [0.3, 0.4) is 0 Å².